The van der Waals surface area contributed by atoms with E-state index in [1.807, 2.05) is 0 Å². The Kier molecular flexibility index (Phi) is 4.37. The van der Waals surface area contributed by atoms with Crippen molar-refractivity contribution in [1.82, 2.24) is 10.2 Å². The molecule has 0 saturated heterocycles. The van der Waals surface area contributed by atoms with Gasteiger partial charge in [-0.3, -0.25) is 4.79 Å². The highest BCUT2D eigenvalue weighted by atomic mass is 19.1. The molecule has 0 saturated carbocycles. The van der Waals surface area contributed by atoms with Crippen LogP contribution in [0.4, 0.5) is 8.78 Å². The second kappa shape index (κ2) is 5.55. The highest BCUT2D eigenvalue weighted by Gasteiger charge is 2.15. The van der Waals surface area contributed by atoms with Gasteiger partial charge in [-0.05, 0) is 19.2 Å². The summed E-state index contributed by atoms with van der Waals surface area (Å²) in [5.41, 5.74) is -0.111. The van der Waals surface area contributed by atoms with Crippen LogP contribution in [0.5, 0.6) is 0 Å². The minimum absolute atomic E-state index is 0.111. The maximum Gasteiger partial charge on any atom is 0.256 e. The van der Waals surface area contributed by atoms with E-state index >= 15 is 0 Å². The molecular weight excluding hydrogens is 214 g/mol. The summed E-state index contributed by atoms with van der Waals surface area (Å²) in [5, 5.41) is 2.88. The van der Waals surface area contributed by atoms with E-state index in [9.17, 15) is 13.6 Å². The summed E-state index contributed by atoms with van der Waals surface area (Å²) in [6, 6.07) is 2.93. The summed E-state index contributed by atoms with van der Waals surface area (Å²) in [5.74, 6) is -1.97. The Balaban J connectivity index is 2.79. The van der Waals surface area contributed by atoms with E-state index in [0.717, 1.165) is 12.1 Å². The Bertz CT molecular complexity index is 382. The summed E-state index contributed by atoms with van der Waals surface area (Å²) in [6.45, 7) is 1.08. The third-order valence-corrected chi connectivity index (χ3v) is 2.21. The van der Waals surface area contributed by atoms with Gasteiger partial charge < -0.3 is 10.2 Å². The van der Waals surface area contributed by atoms with Crippen molar-refractivity contribution in [2.45, 2.75) is 0 Å². The minimum atomic E-state index is -0.832. The van der Waals surface area contributed by atoms with Gasteiger partial charge in [0, 0.05) is 26.2 Å². The number of benzene rings is 1. The van der Waals surface area contributed by atoms with Crippen LogP contribution in [0.2, 0.25) is 0 Å². The Morgan fingerprint density at radius 2 is 2.12 bits per heavy atom. The maximum absolute atomic E-state index is 13.3. The SMILES string of the molecule is CNCCN(C)C(=O)c1ccc(F)cc1F. The lowest BCUT2D eigenvalue weighted by molar-refractivity contribution is 0.0792. The number of rotatable bonds is 4. The van der Waals surface area contributed by atoms with E-state index < -0.39 is 17.5 Å². The highest BCUT2D eigenvalue weighted by molar-refractivity contribution is 5.94. The molecule has 0 heterocycles. The predicted molar refractivity (Wildman–Crippen MR) is 57.2 cm³/mol. The van der Waals surface area contributed by atoms with Crippen LogP contribution in [0.1, 0.15) is 10.4 Å². The van der Waals surface area contributed by atoms with E-state index in [1.165, 1.54) is 4.90 Å². The molecule has 0 spiro atoms. The lowest BCUT2D eigenvalue weighted by Crippen LogP contribution is -2.33. The summed E-state index contributed by atoms with van der Waals surface area (Å²) in [4.78, 5) is 13.1. The molecule has 1 aromatic rings. The number of halogens is 2. The molecule has 0 atom stereocenters. The van der Waals surface area contributed by atoms with Crippen LogP contribution in [-0.2, 0) is 0 Å². The van der Waals surface area contributed by atoms with Gasteiger partial charge in [0.25, 0.3) is 5.91 Å². The van der Waals surface area contributed by atoms with Crippen molar-refractivity contribution in [1.29, 1.82) is 0 Å². The molecule has 88 valence electrons. The first-order chi connectivity index (χ1) is 7.56. The zero-order chi connectivity index (χ0) is 12.1. The average molecular weight is 228 g/mol. The van der Waals surface area contributed by atoms with Crippen LogP contribution < -0.4 is 5.32 Å². The normalized spacial score (nSPS) is 10.2. The first-order valence-corrected chi connectivity index (χ1v) is 4.91. The molecule has 1 rings (SSSR count). The molecule has 0 radical (unpaired) electrons. The maximum atomic E-state index is 13.3. The largest absolute Gasteiger partial charge is 0.340 e. The standard InChI is InChI=1S/C11H14F2N2O/c1-14-5-6-15(2)11(16)9-4-3-8(12)7-10(9)13/h3-4,7,14H,5-6H2,1-2H3. The van der Waals surface area contributed by atoms with Gasteiger partial charge in [-0.15, -0.1) is 0 Å². The minimum Gasteiger partial charge on any atom is -0.340 e. The molecule has 1 amide bonds. The van der Waals surface area contributed by atoms with Crippen molar-refractivity contribution in [3.05, 3.63) is 35.4 Å². The molecule has 0 aromatic heterocycles. The molecule has 3 nitrogen and oxygen atoms in total. The second-order valence-corrected chi connectivity index (χ2v) is 3.45. The number of hydrogen-bond acceptors (Lipinski definition) is 2. The smallest absolute Gasteiger partial charge is 0.256 e. The summed E-state index contributed by atoms with van der Waals surface area (Å²) in [7, 11) is 3.33. The molecule has 0 aliphatic rings. The Labute approximate surface area is 93.1 Å². The number of hydrogen-bond donors (Lipinski definition) is 1. The number of nitrogens with zero attached hydrogens (tertiary/aromatic N) is 1. The van der Waals surface area contributed by atoms with Crippen molar-refractivity contribution in [2.24, 2.45) is 0 Å². The topological polar surface area (TPSA) is 32.3 Å². The van der Waals surface area contributed by atoms with Gasteiger partial charge in [0.1, 0.15) is 11.6 Å². The molecule has 1 aromatic carbocycles. The molecule has 16 heavy (non-hydrogen) atoms. The Morgan fingerprint density at radius 1 is 1.44 bits per heavy atom. The van der Waals surface area contributed by atoms with Crippen molar-refractivity contribution in [3.8, 4) is 0 Å². The zero-order valence-electron chi connectivity index (χ0n) is 9.26. The van der Waals surface area contributed by atoms with Gasteiger partial charge in [0.2, 0.25) is 0 Å². The predicted octanol–water partition coefficient (Wildman–Crippen LogP) is 1.26. The van der Waals surface area contributed by atoms with E-state index in [1.54, 1.807) is 14.1 Å². The van der Waals surface area contributed by atoms with Gasteiger partial charge in [0.05, 0.1) is 5.56 Å². The van der Waals surface area contributed by atoms with Crippen LogP contribution in [0.3, 0.4) is 0 Å². The van der Waals surface area contributed by atoms with Crippen LogP contribution in [-0.4, -0.2) is 38.0 Å². The fraction of sp³-hybridized carbons (Fsp3) is 0.364. The van der Waals surface area contributed by atoms with Crippen molar-refractivity contribution in [3.63, 3.8) is 0 Å². The number of carbonyl (C=O) groups is 1. The third-order valence-electron chi connectivity index (χ3n) is 2.21. The summed E-state index contributed by atoms with van der Waals surface area (Å²) >= 11 is 0. The number of amides is 1. The zero-order valence-corrected chi connectivity index (χ0v) is 9.26. The lowest BCUT2D eigenvalue weighted by Gasteiger charge is -2.17. The Hall–Kier alpha value is -1.49. The molecule has 0 bridgehead atoms. The molecular formula is C11H14F2N2O. The quantitative estimate of drug-likeness (QED) is 0.841. The van der Waals surface area contributed by atoms with E-state index in [0.29, 0.717) is 19.2 Å². The number of likely N-dealkylation sites (N-methyl/N-ethyl adjacent to an activating group) is 2. The second-order valence-electron chi connectivity index (χ2n) is 3.45. The molecule has 0 fully saturated rings. The van der Waals surface area contributed by atoms with Crippen LogP contribution >= 0.6 is 0 Å². The fourth-order valence-electron chi connectivity index (χ4n) is 1.25. The summed E-state index contributed by atoms with van der Waals surface area (Å²) < 4.78 is 25.9. The fourth-order valence-corrected chi connectivity index (χ4v) is 1.25. The van der Waals surface area contributed by atoms with Crippen LogP contribution in [0.25, 0.3) is 0 Å². The highest BCUT2D eigenvalue weighted by Crippen LogP contribution is 2.11. The third kappa shape index (κ3) is 3.00. The molecule has 5 heteroatoms. The van der Waals surface area contributed by atoms with Gasteiger partial charge >= 0.3 is 0 Å². The molecule has 0 unspecified atom stereocenters. The Morgan fingerprint density at radius 3 is 2.69 bits per heavy atom. The summed E-state index contributed by atoms with van der Waals surface area (Å²) in [6.07, 6.45) is 0. The van der Waals surface area contributed by atoms with Crippen molar-refractivity contribution >= 4 is 5.91 Å². The van der Waals surface area contributed by atoms with Gasteiger partial charge in [0.15, 0.2) is 0 Å². The number of carbonyl (C=O) groups excluding carboxylic acids is 1. The molecule has 0 aliphatic carbocycles. The average Bonchev–Trinajstić information content (AvgIpc) is 2.25. The molecule has 0 aliphatic heterocycles. The van der Waals surface area contributed by atoms with Gasteiger partial charge in [-0.2, -0.15) is 0 Å². The van der Waals surface area contributed by atoms with Gasteiger partial charge in [-0.1, -0.05) is 0 Å². The van der Waals surface area contributed by atoms with Crippen molar-refractivity contribution < 1.29 is 13.6 Å². The lowest BCUT2D eigenvalue weighted by atomic mass is 10.2. The van der Waals surface area contributed by atoms with E-state index in [-0.39, 0.29) is 5.56 Å². The van der Waals surface area contributed by atoms with Gasteiger partial charge in [-0.25, -0.2) is 8.78 Å². The van der Waals surface area contributed by atoms with E-state index in [2.05, 4.69) is 5.32 Å². The first kappa shape index (κ1) is 12.6. The monoisotopic (exact) mass is 228 g/mol. The van der Waals surface area contributed by atoms with E-state index in [4.69, 9.17) is 0 Å². The van der Waals surface area contributed by atoms with Crippen LogP contribution in [0.15, 0.2) is 18.2 Å². The number of nitrogens with one attached hydrogen (secondary N) is 1. The van der Waals surface area contributed by atoms with Crippen molar-refractivity contribution in [2.75, 3.05) is 27.2 Å². The van der Waals surface area contributed by atoms with Crippen LogP contribution in [0, 0.1) is 11.6 Å². The molecule has 1 N–H and O–H groups in total. The first-order valence-electron chi connectivity index (χ1n) is 4.91.